The van der Waals surface area contributed by atoms with Crippen molar-refractivity contribution in [2.24, 2.45) is 0 Å². The molecule has 0 saturated heterocycles. The maximum atomic E-state index is 10.6. The van der Waals surface area contributed by atoms with Gasteiger partial charge in [0.1, 0.15) is 5.75 Å². The molecule has 1 aromatic rings. The second-order valence-corrected chi connectivity index (χ2v) is 6.72. The second-order valence-electron chi connectivity index (χ2n) is 6.72. The maximum Gasteiger partial charge on any atom is 0.120 e. The molecule has 1 aliphatic rings. The Balaban J connectivity index is 2.05. The molecule has 3 heteroatoms. The molecule has 1 aromatic carbocycles. The van der Waals surface area contributed by atoms with E-state index < -0.39 is 5.60 Å². The Labute approximate surface area is 116 Å². The number of rotatable bonds is 5. The fourth-order valence-electron chi connectivity index (χ4n) is 1.82. The molecule has 19 heavy (non-hydrogen) atoms. The minimum absolute atomic E-state index is 0.00782. The van der Waals surface area contributed by atoms with Crippen LogP contribution in [0.15, 0.2) is 24.3 Å². The van der Waals surface area contributed by atoms with Gasteiger partial charge in [-0.25, -0.2) is 0 Å². The summed E-state index contributed by atoms with van der Waals surface area (Å²) >= 11 is 0. The van der Waals surface area contributed by atoms with Crippen LogP contribution in [0.4, 0.5) is 0 Å². The summed E-state index contributed by atoms with van der Waals surface area (Å²) in [7, 11) is 0. The normalized spacial score (nSPS) is 19.0. The van der Waals surface area contributed by atoms with Crippen molar-refractivity contribution in [1.82, 2.24) is 5.32 Å². The molecule has 0 radical (unpaired) electrons. The maximum absolute atomic E-state index is 10.6. The summed E-state index contributed by atoms with van der Waals surface area (Å²) in [6.07, 6.45) is 2.67. The highest BCUT2D eigenvalue weighted by molar-refractivity contribution is 5.32. The molecule has 1 aliphatic carbocycles. The van der Waals surface area contributed by atoms with Crippen molar-refractivity contribution in [3.8, 4) is 5.75 Å². The highest BCUT2D eigenvalue weighted by Crippen LogP contribution is 2.29. The van der Waals surface area contributed by atoms with Gasteiger partial charge < -0.3 is 15.2 Å². The predicted molar refractivity (Wildman–Crippen MR) is 77.4 cm³/mol. The molecule has 3 nitrogen and oxygen atoms in total. The van der Waals surface area contributed by atoms with Gasteiger partial charge in [0.2, 0.25) is 0 Å². The quantitative estimate of drug-likeness (QED) is 0.858. The van der Waals surface area contributed by atoms with E-state index in [2.05, 4.69) is 26.1 Å². The lowest BCUT2D eigenvalue weighted by atomic mass is 9.94. The van der Waals surface area contributed by atoms with E-state index in [1.807, 2.05) is 31.2 Å². The van der Waals surface area contributed by atoms with Gasteiger partial charge in [-0.1, -0.05) is 12.1 Å². The van der Waals surface area contributed by atoms with E-state index in [9.17, 15) is 5.11 Å². The van der Waals surface area contributed by atoms with Gasteiger partial charge in [-0.15, -0.1) is 0 Å². The van der Waals surface area contributed by atoms with Crippen molar-refractivity contribution in [1.29, 1.82) is 0 Å². The number of hydrogen-bond acceptors (Lipinski definition) is 3. The number of hydrogen-bond donors (Lipinski definition) is 2. The van der Waals surface area contributed by atoms with E-state index >= 15 is 0 Å². The van der Waals surface area contributed by atoms with Crippen molar-refractivity contribution in [3.63, 3.8) is 0 Å². The van der Waals surface area contributed by atoms with Crippen LogP contribution in [0.2, 0.25) is 0 Å². The average Bonchev–Trinajstić information content (AvgIpc) is 3.10. The number of ether oxygens (including phenoxy) is 1. The molecule has 1 unspecified atom stereocenters. The molecule has 1 atom stereocenters. The fourth-order valence-corrected chi connectivity index (χ4v) is 1.82. The first kappa shape index (κ1) is 14.4. The summed E-state index contributed by atoms with van der Waals surface area (Å²) in [5.41, 5.74) is -0.00937. The third-order valence-electron chi connectivity index (χ3n) is 3.25. The van der Waals surface area contributed by atoms with Gasteiger partial charge in [0.05, 0.1) is 11.7 Å². The largest absolute Gasteiger partial charge is 0.490 e. The first-order valence-corrected chi connectivity index (χ1v) is 7.01. The lowest BCUT2D eigenvalue weighted by Crippen LogP contribution is -2.44. The summed E-state index contributed by atoms with van der Waals surface area (Å²) in [6.45, 7) is 8.63. The summed E-state index contributed by atoms with van der Waals surface area (Å²) in [4.78, 5) is 0. The molecule has 0 spiro atoms. The van der Waals surface area contributed by atoms with Crippen molar-refractivity contribution in [3.05, 3.63) is 29.8 Å². The third kappa shape index (κ3) is 4.51. The van der Waals surface area contributed by atoms with Crippen LogP contribution in [-0.4, -0.2) is 23.3 Å². The first-order chi connectivity index (χ1) is 8.76. The Morgan fingerprint density at radius 2 is 1.95 bits per heavy atom. The van der Waals surface area contributed by atoms with Crippen LogP contribution < -0.4 is 10.1 Å². The zero-order valence-corrected chi connectivity index (χ0v) is 12.4. The fraction of sp³-hybridized carbons (Fsp3) is 0.625. The molecule has 1 saturated carbocycles. The van der Waals surface area contributed by atoms with Gasteiger partial charge in [-0.3, -0.25) is 0 Å². The molecular weight excluding hydrogens is 238 g/mol. The zero-order chi connectivity index (χ0) is 14.1. The Morgan fingerprint density at radius 3 is 2.53 bits per heavy atom. The topological polar surface area (TPSA) is 41.5 Å². The molecule has 0 aromatic heterocycles. The molecule has 0 aliphatic heterocycles. The van der Waals surface area contributed by atoms with E-state index in [0.29, 0.717) is 12.6 Å². The van der Waals surface area contributed by atoms with Crippen molar-refractivity contribution in [2.75, 3.05) is 6.54 Å². The Bertz CT molecular complexity index is 431. The molecule has 0 amide bonds. The number of β-amino-alcohol motifs (C(OH)–C–C–N with tert-alkyl or cyclic N) is 1. The average molecular weight is 263 g/mol. The number of benzene rings is 1. The van der Waals surface area contributed by atoms with Gasteiger partial charge in [0.25, 0.3) is 0 Å². The molecule has 1 fully saturated rings. The lowest BCUT2D eigenvalue weighted by Gasteiger charge is -2.30. The SMILES string of the molecule is CC(C)(C)NCC(C)(O)c1cccc(OC2CC2)c1. The van der Waals surface area contributed by atoms with Crippen LogP contribution in [0.5, 0.6) is 5.75 Å². The first-order valence-electron chi connectivity index (χ1n) is 7.01. The Kier molecular flexibility index (Phi) is 3.88. The van der Waals surface area contributed by atoms with E-state index in [4.69, 9.17) is 4.74 Å². The van der Waals surface area contributed by atoms with E-state index in [1.165, 1.54) is 0 Å². The van der Waals surface area contributed by atoms with Gasteiger partial charge in [0, 0.05) is 12.1 Å². The van der Waals surface area contributed by atoms with E-state index in [0.717, 1.165) is 24.2 Å². The van der Waals surface area contributed by atoms with Gasteiger partial charge in [-0.05, 0) is 58.2 Å². The van der Waals surface area contributed by atoms with E-state index in [-0.39, 0.29) is 5.54 Å². The summed E-state index contributed by atoms with van der Waals surface area (Å²) in [6, 6.07) is 7.79. The predicted octanol–water partition coefficient (Wildman–Crippen LogP) is 2.82. The third-order valence-corrected chi connectivity index (χ3v) is 3.25. The number of nitrogens with one attached hydrogen (secondary N) is 1. The van der Waals surface area contributed by atoms with Crippen molar-refractivity contribution >= 4 is 0 Å². The molecule has 2 N–H and O–H groups in total. The van der Waals surface area contributed by atoms with Crippen molar-refractivity contribution < 1.29 is 9.84 Å². The number of aliphatic hydroxyl groups is 1. The molecule has 2 rings (SSSR count). The zero-order valence-electron chi connectivity index (χ0n) is 12.4. The monoisotopic (exact) mass is 263 g/mol. The smallest absolute Gasteiger partial charge is 0.120 e. The standard InChI is InChI=1S/C16H25NO2/c1-15(2,3)17-11-16(4,18)12-6-5-7-14(10-12)19-13-8-9-13/h5-7,10,13,17-18H,8-9,11H2,1-4H3. The van der Waals surface area contributed by atoms with Crippen LogP contribution in [-0.2, 0) is 5.60 Å². The highest BCUT2D eigenvalue weighted by Gasteiger charge is 2.27. The highest BCUT2D eigenvalue weighted by atomic mass is 16.5. The van der Waals surface area contributed by atoms with Crippen LogP contribution >= 0.6 is 0 Å². The molecule has 0 heterocycles. The Morgan fingerprint density at radius 1 is 1.26 bits per heavy atom. The Hall–Kier alpha value is -1.06. The molecule has 106 valence electrons. The van der Waals surface area contributed by atoms with Crippen LogP contribution in [0.3, 0.4) is 0 Å². The van der Waals surface area contributed by atoms with E-state index in [1.54, 1.807) is 0 Å². The minimum atomic E-state index is -0.893. The van der Waals surface area contributed by atoms with Crippen LogP contribution in [0.1, 0.15) is 46.1 Å². The summed E-state index contributed by atoms with van der Waals surface area (Å²) in [5, 5.41) is 13.9. The van der Waals surface area contributed by atoms with Crippen LogP contribution in [0.25, 0.3) is 0 Å². The molecular formula is C16H25NO2. The van der Waals surface area contributed by atoms with Gasteiger partial charge in [0.15, 0.2) is 0 Å². The van der Waals surface area contributed by atoms with Crippen LogP contribution in [0, 0.1) is 0 Å². The van der Waals surface area contributed by atoms with Crippen molar-refractivity contribution in [2.45, 2.75) is 57.8 Å². The summed E-state index contributed by atoms with van der Waals surface area (Å²) in [5.74, 6) is 0.857. The molecule has 0 bridgehead atoms. The second kappa shape index (κ2) is 5.14. The lowest BCUT2D eigenvalue weighted by molar-refractivity contribution is 0.0499. The van der Waals surface area contributed by atoms with Gasteiger partial charge in [-0.2, -0.15) is 0 Å². The summed E-state index contributed by atoms with van der Waals surface area (Å²) < 4.78 is 5.78. The van der Waals surface area contributed by atoms with Gasteiger partial charge >= 0.3 is 0 Å². The minimum Gasteiger partial charge on any atom is -0.490 e.